The van der Waals surface area contributed by atoms with Crippen molar-refractivity contribution in [1.82, 2.24) is 4.90 Å². The molecule has 1 heterocycles. The molecule has 1 saturated carbocycles. The molecule has 1 aliphatic carbocycles. The van der Waals surface area contributed by atoms with Crippen molar-refractivity contribution in [2.75, 3.05) is 13.1 Å². The zero-order valence-electron chi connectivity index (χ0n) is 12.7. The first kappa shape index (κ1) is 14.8. The number of nitrogens with two attached hydrogens (primary N) is 1. The number of rotatable bonds is 4. The minimum Gasteiger partial charge on any atom is -0.342 e. The van der Waals surface area contributed by atoms with Gasteiger partial charge in [-0.2, -0.15) is 0 Å². The lowest BCUT2D eigenvalue weighted by atomic mass is 9.79. The van der Waals surface area contributed by atoms with Crippen molar-refractivity contribution in [2.45, 2.75) is 71.3 Å². The molecule has 1 saturated heterocycles. The average Bonchev–Trinajstić information content (AvgIpc) is 2.85. The Balaban J connectivity index is 1.71. The van der Waals surface area contributed by atoms with Crippen LogP contribution in [-0.4, -0.2) is 29.9 Å². The lowest BCUT2D eigenvalue weighted by Gasteiger charge is -2.42. The fourth-order valence-electron chi connectivity index (χ4n) is 3.59. The molecule has 0 spiro atoms. The smallest absolute Gasteiger partial charge is 0.222 e. The van der Waals surface area contributed by atoms with Crippen molar-refractivity contribution in [1.29, 1.82) is 0 Å². The number of nitrogens with zero attached hydrogens (tertiary/aromatic N) is 1. The van der Waals surface area contributed by atoms with Gasteiger partial charge in [-0.25, -0.2) is 0 Å². The van der Waals surface area contributed by atoms with E-state index in [-0.39, 0.29) is 11.5 Å². The topological polar surface area (TPSA) is 46.3 Å². The molecular weight excluding hydrogens is 236 g/mol. The summed E-state index contributed by atoms with van der Waals surface area (Å²) in [5.41, 5.74) is 6.19. The van der Waals surface area contributed by atoms with Gasteiger partial charge in [-0.05, 0) is 30.6 Å². The van der Waals surface area contributed by atoms with E-state index in [1.807, 2.05) is 4.90 Å². The predicted molar refractivity (Wildman–Crippen MR) is 78.8 cm³/mol. The minimum atomic E-state index is 0.0688. The number of piperidine rings is 1. The summed E-state index contributed by atoms with van der Waals surface area (Å²) >= 11 is 0. The first-order chi connectivity index (χ1) is 8.99. The molecule has 0 aromatic carbocycles. The van der Waals surface area contributed by atoms with Gasteiger partial charge in [0.1, 0.15) is 0 Å². The normalized spacial score (nSPS) is 27.7. The fraction of sp³-hybridized carbons (Fsp3) is 0.938. The van der Waals surface area contributed by atoms with Gasteiger partial charge in [0.05, 0.1) is 0 Å². The van der Waals surface area contributed by atoms with E-state index in [1.54, 1.807) is 0 Å². The van der Waals surface area contributed by atoms with Crippen molar-refractivity contribution in [3.05, 3.63) is 0 Å². The van der Waals surface area contributed by atoms with Crippen LogP contribution >= 0.6 is 0 Å². The van der Waals surface area contributed by atoms with Gasteiger partial charge < -0.3 is 10.6 Å². The quantitative estimate of drug-likeness (QED) is 0.850. The van der Waals surface area contributed by atoms with E-state index in [4.69, 9.17) is 5.73 Å². The molecule has 2 N–H and O–H groups in total. The van der Waals surface area contributed by atoms with Gasteiger partial charge in [0.15, 0.2) is 0 Å². The maximum absolute atomic E-state index is 12.3. The van der Waals surface area contributed by atoms with E-state index < -0.39 is 0 Å². The number of hydrogen-bond donors (Lipinski definition) is 1. The van der Waals surface area contributed by atoms with Crippen molar-refractivity contribution >= 4 is 5.91 Å². The summed E-state index contributed by atoms with van der Waals surface area (Å²) in [6, 6.07) is 0.232. The Labute approximate surface area is 117 Å². The van der Waals surface area contributed by atoms with Crippen molar-refractivity contribution in [2.24, 2.45) is 17.1 Å². The molecule has 0 radical (unpaired) electrons. The van der Waals surface area contributed by atoms with Crippen LogP contribution in [0.25, 0.3) is 0 Å². The summed E-state index contributed by atoms with van der Waals surface area (Å²) in [5, 5.41) is 0. The molecule has 19 heavy (non-hydrogen) atoms. The molecule has 1 unspecified atom stereocenters. The average molecular weight is 266 g/mol. The summed E-state index contributed by atoms with van der Waals surface area (Å²) in [4.78, 5) is 14.3. The second-order valence-corrected chi connectivity index (χ2v) is 7.24. The van der Waals surface area contributed by atoms with Crippen molar-refractivity contribution in [3.8, 4) is 0 Å². The Morgan fingerprint density at radius 1 is 1.26 bits per heavy atom. The molecular formula is C16H30N2O. The molecule has 2 rings (SSSR count). The predicted octanol–water partition coefficient (Wildman–Crippen LogP) is 2.93. The number of carbonyl (C=O) groups is 1. The summed E-state index contributed by atoms with van der Waals surface area (Å²) in [6.07, 6.45) is 9.59. The zero-order chi connectivity index (χ0) is 13.9. The van der Waals surface area contributed by atoms with Gasteiger partial charge in [0.2, 0.25) is 5.91 Å². The van der Waals surface area contributed by atoms with E-state index in [2.05, 4.69) is 13.8 Å². The molecule has 2 aliphatic rings. The van der Waals surface area contributed by atoms with Crippen LogP contribution in [-0.2, 0) is 4.79 Å². The Kier molecular flexibility index (Phi) is 4.88. The van der Waals surface area contributed by atoms with Crippen LogP contribution in [0.5, 0.6) is 0 Å². The second-order valence-electron chi connectivity index (χ2n) is 7.24. The summed E-state index contributed by atoms with van der Waals surface area (Å²) in [6.45, 7) is 6.04. The maximum atomic E-state index is 12.3. The Bertz CT molecular complexity index is 308. The minimum absolute atomic E-state index is 0.0688. The van der Waals surface area contributed by atoms with Gasteiger partial charge >= 0.3 is 0 Å². The van der Waals surface area contributed by atoms with Crippen LogP contribution in [0, 0.1) is 11.3 Å². The number of amides is 1. The summed E-state index contributed by atoms with van der Waals surface area (Å²) in [7, 11) is 0. The lowest BCUT2D eigenvalue weighted by Crippen LogP contribution is -2.53. The molecule has 0 aromatic heterocycles. The van der Waals surface area contributed by atoms with Crippen LogP contribution in [0.1, 0.15) is 65.2 Å². The highest BCUT2D eigenvalue weighted by Gasteiger charge is 2.35. The first-order valence-electron chi connectivity index (χ1n) is 8.02. The second kappa shape index (κ2) is 6.25. The van der Waals surface area contributed by atoms with Gasteiger partial charge in [0.25, 0.3) is 0 Å². The van der Waals surface area contributed by atoms with Crippen LogP contribution in [0.3, 0.4) is 0 Å². The van der Waals surface area contributed by atoms with Crippen LogP contribution in [0.4, 0.5) is 0 Å². The zero-order valence-corrected chi connectivity index (χ0v) is 12.7. The highest BCUT2D eigenvalue weighted by Crippen LogP contribution is 2.30. The summed E-state index contributed by atoms with van der Waals surface area (Å²) < 4.78 is 0. The molecule has 110 valence electrons. The number of hydrogen-bond acceptors (Lipinski definition) is 2. The monoisotopic (exact) mass is 266 g/mol. The van der Waals surface area contributed by atoms with Crippen molar-refractivity contribution < 1.29 is 4.79 Å². The van der Waals surface area contributed by atoms with E-state index >= 15 is 0 Å². The molecule has 1 atom stereocenters. The van der Waals surface area contributed by atoms with E-state index in [0.717, 1.165) is 38.3 Å². The molecule has 0 bridgehead atoms. The number of likely N-dealkylation sites (tertiary alicyclic amines) is 1. The molecule has 0 aromatic rings. The third-order valence-electron chi connectivity index (χ3n) is 5.14. The molecule has 2 fully saturated rings. The largest absolute Gasteiger partial charge is 0.342 e. The Morgan fingerprint density at radius 2 is 1.95 bits per heavy atom. The highest BCUT2D eigenvalue weighted by atomic mass is 16.2. The molecule has 3 heteroatoms. The molecule has 1 aliphatic heterocycles. The van der Waals surface area contributed by atoms with Crippen LogP contribution in [0.2, 0.25) is 0 Å². The molecule has 3 nitrogen and oxygen atoms in total. The SMILES string of the molecule is CC1(C)CN(C(=O)CCCC2CCCC2)CCC1N. The maximum Gasteiger partial charge on any atom is 0.222 e. The Hall–Kier alpha value is -0.570. The summed E-state index contributed by atoms with van der Waals surface area (Å²) in [5.74, 6) is 1.25. The highest BCUT2D eigenvalue weighted by molar-refractivity contribution is 5.76. The van der Waals surface area contributed by atoms with Crippen molar-refractivity contribution in [3.63, 3.8) is 0 Å². The standard InChI is InChI=1S/C16H30N2O/c1-16(2)12-18(11-10-14(16)17)15(19)9-5-8-13-6-3-4-7-13/h13-14H,3-12,17H2,1-2H3. The number of carbonyl (C=O) groups excluding carboxylic acids is 1. The van der Waals surface area contributed by atoms with Crippen LogP contribution < -0.4 is 5.73 Å². The Morgan fingerprint density at radius 3 is 2.58 bits per heavy atom. The van der Waals surface area contributed by atoms with E-state index in [1.165, 1.54) is 32.1 Å². The third-order valence-corrected chi connectivity index (χ3v) is 5.14. The van der Waals surface area contributed by atoms with Crippen LogP contribution in [0.15, 0.2) is 0 Å². The fourth-order valence-corrected chi connectivity index (χ4v) is 3.59. The third kappa shape index (κ3) is 3.95. The first-order valence-corrected chi connectivity index (χ1v) is 8.02. The molecule has 1 amide bonds. The van der Waals surface area contributed by atoms with Gasteiger partial charge in [-0.15, -0.1) is 0 Å². The van der Waals surface area contributed by atoms with Gasteiger partial charge in [0, 0.05) is 25.6 Å². The van der Waals surface area contributed by atoms with Gasteiger partial charge in [-0.1, -0.05) is 39.5 Å². The lowest BCUT2D eigenvalue weighted by molar-refractivity contribution is -0.134. The van der Waals surface area contributed by atoms with E-state index in [9.17, 15) is 4.79 Å². The van der Waals surface area contributed by atoms with E-state index in [0.29, 0.717) is 5.91 Å². The van der Waals surface area contributed by atoms with Gasteiger partial charge in [-0.3, -0.25) is 4.79 Å².